The van der Waals surface area contributed by atoms with Gasteiger partial charge in [0, 0.05) is 31.5 Å². The molecule has 3 nitrogen and oxygen atoms in total. The van der Waals surface area contributed by atoms with E-state index in [1.165, 1.54) is 44.9 Å². The van der Waals surface area contributed by atoms with Crippen LogP contribution in [0.25, 0.3) is 0 Å². The first kappa shape index (κ1) is 16.1. The molecule has 0 aromatic heterocycles. The molecule has 2 aliphatic heterocycles. The first-order chi connectivity index (χ1) is 9.27. The summed E-state index contributed by atoms with van der Waals surface area (Å²) in [4.78, 5) is 14.5. The molecule has 3 rings (SSSR count). The minimum absolute atomic E-state index is 0. The molecule has 20 heavy (non-hydrogen) atoms. The molecular formula is C16H29ClN2O. The second-order valence-electron chi connectivity index (χ2n) is 7.03. The van der Waals surface area contributed by atoms with Gasteiger partial charge in [-0.05, 0) is 31.7 Å². The number of nitrogens with zero attached hydrogens (tertiary/aromatic N) is 1. The van der Waals surface area contributed by atoms with Gasteiger partial charge in [0.1, 0.15) is 0 Å². The van der Waals surface area contributed by atoms with E-state index in [-0.39, 0.29) is 12.4 Å². The molecule has 116 valence electrons. The molecular weight excluding hydrogens is 272 g/mol. The van der Waals surface area contributed by atoms with Crippen LogP contribution in [-0.2, 0) is 4.79 Å². The number of likely N-dealkylation sites (tertiary alicyclic amines) is 1. The average Bonchev–Trinajstić information content (AvgIpc) is 3.08. The number of rotatable bonds is 3. The fraction of sp³-hybridized carbons (Fsp3) is 0.938. The maximum Gasteiger partial charge on any atom is 0.222 e. The van der Waals surface area contributed by atoms with Crippen LogP contribution in [0.2, 0.25) is 0 Å². The van der Waals surface area contributed by atoms with Gasteiger partial charge in [-0.3, -0.25) is 4.79 Å². The third kappa shape index (κ3) is 3.67. The van der Waals surface area contributed by atoms with E-state index in [1.54, 1.807) is 0 Å². The fourth-order valence-corrected chi connectivity index (χ4v) is 4.25. The first-order valence-electron chi connectivity index (χ1n) is 8.26. The molecule has 2 saturated heterocycles. The zero-order chi connectivity index (χ0) is 13.1. The highest BCUT2D eigenvalue weighted by Gasteiger charge is 2.41. The molecule has 1 aliphatic carbocycles. The molecule has 3 aliphatic rings. The highest BCUT2D eigenvalue weighted by molar-refractivity contribution is 5.85. The van der Waals surface area contributed by atoms with Crippen LogP contribution in [0.15, 0.2) is 0 Å². The second kappa shape index (κ2) is 7.13. The van der Waals surface area contributed by atoms with Crippen molar-refractivity contribution in [3.63, 3.8) is 0 Å². The maximum atomic E-state index is 12.3. The van der Waals surface area contributed by atoms with Gasteiger partial charge >= 0.3 is 0 Å². The highest BCUT2D eigenvalue weighted by Crippen LogP contribution is 2.36. The van der Waals surface area contributed by atoms with E-state index in [4.69, 9.17) is 0 Å². The molecule has 1 amide bonds. The van der Waals surface area contributed by atoms with Crippen LogP contribution in [0, 0.1) is 11.3 Å². The van der Waals surface area contributed by atoms with Gasteiger partial charge in [0.05, 0.1) is 0 Å². The van der Waals surface area contributed by atoms with Crippen LogP contribution in [-0.4, -0.2) is 37.0 Å². The molecule has 4 heteroatoms. The van der Waals surface area contributed by atoms with Gasteiger partial charge in [-0.25, -0.2) is 0 Å². The Morgan fingerprint density at radius 1 is 1.20 bits per heavy atom. The fourth-order valence-electron chi connectivity index (χ4n) is 4.25. The smallest absolute Gasteiger partial charge is 0.222 e. The van der Waals surface area contributed by atoms with Crippen molar-refractivity contribution in [1.29, 1.82) is 0 Å². The van der Waals surface area contributed by atoms with E-state index in [1.807, 2.05) is 0 Å². The Morgan fingerprint density at radius 2 is 2.00 bits per heavy atom. The normalized spacial score (nSPS) is 30.7. The van der Waals surface area contributed by atoms with Crippen molar-refractivity contribution in [2.45, 2.75) is 57.8 Å². The van der Waals surface area contributed by atoms with Crippen LogP contribution in [0.3, 0.4) is 0 Å². The molecule has 1 unspecified atom stereocenters. The number of carbonyl (C=O) groups excluding carboxylic acids is 1. The van der Waals surface area contributed by atoms with E-state index < -0.39 is 0 Å². The summed E-state index contributed by atoms with van der Waals surface area (Å²) in [6, 6.07) is 0. The zero-order valence-electron chi connectivity index (χ0n) is 12.5. The van der Waals surface area contributed by atoms with Gasteiger partial charge < -0.3 is 10.2 Å². The Morgan fingerprint density at radius 3 is 2.70 bits per heavy atom. The van der Waals surface area contributed by atoms with Crippen molar-refractivity contribution in [3.8, 4) is 0 Å². The Balaban J connectivity index is 0.00000147. The number of hydrogen-bond acceptors (Lipinski definition) is 2. The maximum absolute atomic E-state index is 12.3. The first-order valence-corrected chi connectivity index (χ1v) is 8.26. The number of halogens is 1. The van der Waals surface area contributed by atoms with E-state index in [0.29, 0.717) is 11.3 Å². The predicted molar refractivity (Wildman–Crippen MR) is 84.2 cm³/mol. The van der Waals surface area contributed by atoms with Gasteiger partial charge in [-0.1, -0.05) is 32.1 Å². The largest absolute Gasteiger partial charge is 0.342 e. The topological polar surface area (TPSA) is 32.3 Å². The summed E-state index contributed by atoms with van der Waals surface area (Å²) in [5.41, 5.74) is 0.431. The lowest BCUT2D eigenvalue weighted by atomic mass is 9.86. The Bertz CT molecular complexity index is 322. The third-order valence-electron chi connectivity index (χ3n) is 5.61. The predicted octanol–water partition coefficient (Wildman–Crippen LogP) is 2.98. The molecule has 1 spiro atoms. The summed E-state index contributed by atoms with van der Waals surface area (Å²) in [6.45, 7) is 4.29. The lowest BCUT2D eigenvalue weighted by Crippen LogP contribution is -2.33. The minimum Gasteiger partial charge on any atom is -0.342 e. The van der Waals surface area contributed by atoms with Gasteiger partial charge in [-0.15, -0.1) is 12.4 Å². The summed E-state index contributed by atoms with van der Waals surface area (Å²) < 4.78 is 0. The summed E-state index contributed by atoms with van der Waals surface area (Å²) >= 11 is 0. The third-order valence-corrected chi connectivity index (χ3v) is 5.61. The number of carbonyl (C=O) groups is 1. The van der Waals surface area contributed by atoms with Crippen molar-refractivity contribution in [3.05, 3.63) is 0 Å². The monoisotopic (exact) mass is 300 g/mol. The van der Waals surface area contributed by atoms with E-state index in [9.17, 15) is 4.79 Å². The second-order valence-corrected chi connectivity index (χ2v) is 7.03. The van der Waals surface area contributed by atoms with Gasteiger partial charge in [0.15, 0.2) is 0 Å². The molecule has 3 fully saturated rings. The lowest BCUT2D eigenvalue weighted by Gasteiger charge is -2.24. The Kier molecular flexibility index (Phi) is 5.74. The van der Waals surface area contributed by atoms with E-state index >= 15 is 0 Å². The van der Waals surface area contributed by atoms with Crippen molar-refractivity contribution < 1.29 is 4.79 Å². The molecule has 0 aromatic carbocycles. The summed E-state index contributed by atoms with van der Waals surface area (Å²) in [7, 11) is 0. The molecule has 0 aromatic rings. The SMILES string of the molecule is Cl.O=C(CCC1CCCCC1)N1CCC2(CCNC2)C1. The van der Waals surface area contributed by atoms with Crippen LogP contribution < -0.4 is 5.32 Å². The highest BCUT2D eigenvalue weighted by atomic mass is 35.5. The van der Waals surface area contributed by atoms with Crippen molar-refractivity contribution >= 4 is 18.3 Å². The van der Waals surface area contributed by atoms with Gasteiger partial charge in [-0.2, -0.15) is 0 Å². The summed E-state index contributed by atoms with van der Waals surface area (Å²) in [5, 5.41) is 3.46. The van der Waals surface area contributed by atoms with Crippen LogP contribution in [0.1, 0.15) is 57.8 Å². The van der Waals surface area contributed by atoms with Gasteiger partial charge in [0.2, 0.25) is 5.91 Å². The molecule has 0 bridgehead atoms. The Labute approximate surface area is 129 Å². The van der Waals surface area contributed by atoms with Gasteiger partial charge in [0.25, 0.3) is 0 Å². The standard InChI is InChI=1S/C16H28N2O.ClH/c19-15(7-6-14-4-2-1-3-5-14)18-11-9-16(13-18)8-10-17-12-16;/h14,17H,1-13H2;1H. The zero-order valence-corrected chi connectivity index (χ0v) is 13.3. The lowest BCUT2D eigenvalue weighted by molar-refractivity contribution is -0.130. The van der Waals surface area contributed by atoms with Crippen LogP contribution in [0.4, 0.5) is 0 Å². The number of amides is 1. The molecule has 0 radical (unpaired) electrons. The molecule has 1 N–H and O–H groups in total. The number of nitrogens with one attached hydrogen (secondary N) is 1. The minimum atomic E-state index is 0. The van der Waals surface area contributed by atoms with Crippen LogP contribution >= 0.6 is 12.4 Å². The van der Waals surface area contributed by atoms with Crippen molar-refractivity contribution in [2.24, 2.45) is 11.3 Å². The quantitative estimate of drug-likeness (QED) is 0.869. The molecule has 1 saturated carbocycles. The van der Waals surface area contributed by atoms with Crippen molar-refractivity contribution in [1.82, 2.24) is 10.2 Å². The van der Waals surface area contributed by atoms with E-state index in [0.717, 1.165) is 44.9 Å². The molecule has 1 atom stereocenters. The summed E-state index contributed by atoms with van der Waals surface area (Å²) in [6.07, 6.45) is 11.3. The van der Waals surface area contributed by atoms with E-state index in [2.05, 4.69) is 10.2 Å². The Hall–Kier alpha value is -0.280. The van der Waals surface area contributed by atoms with Crippen LogP contribution in [0.5, 0.6) is 0 Å². The molecule has 2 heterocycles. The number of hydrogen-bond donors (Lipinski definition) is 1. The average molecular weight is 301 g/mol. The van der Waals surface area contributed by atoms with Crippen molar-refractivity contribution in [2.75, 3.05) is 26.2 Å². The summed E-state index contributed by atoms with van der Waals surface area (Å²) in [5.74, 6) is 1.26.